The van der Waals surface area contributed by atoms with Crippen LogP contribution in [0.2, 0.25) is 0 Å². The second kappa shape index (κ2) is 5.61. The van der Waals surface area contributed by atoms with E-state index in [9.17, 15) is 0 Å². The largest absolute Gasteiger partial charge is 0.308 e. The molecule has 0 atom stereocenters. The Hall–Kier alpha value is -0.410. The van der Waals surface area contributed by atoms with Gasteiger partial charge in [0.05, 0.1) is 11.2 Å². The molecule has 1 heterocycles. The fourth-order valence-corrected chi connectivity index (χ4v) is 2.91. The van der Waals surface area contributed by atoms with Gasteiger partial charge in [0.25, 0.3) is 0 Å². The number of nitrogens with one attached hydrogen (secondary N) is 1. The van der Waals surface area contributed by atoms with Crippen molar-refractivity contribution in [2.75, 3.05) is 0 Å². The Morgan fingerprint density at radius 3 is 2.80 bits per heavy atom. The van der Waals surface area contributed by atoms with E-state index in [0.717, 1.165) is 18.5 Å². The SMILES string of the molecule is CCC1CCC(NCc2cscn2)CC1. The molecule has 0 radical (unpaired) electrons. The minimum Gasteiger partial charge on any atom is -0.308 e. The molecule has 1 aromatic rings. The molecule has 0 saturated heterocycles. The molecule has 3 heteroatoms. The van der Waals surface area contributed by atoms with E-state index in [4.69, 9.17) is 0 Å². The quantitative estimate of drug-likeness (QED) is 0.849. The topological polar surface area (TPSA) is 24.9 Å². The number of aromatic nitrogens is 1. The first-order valence-corrected chi connectivity index (χ1v) is 6.93. The van der Waals surface area contributed by atoms with Gasteiger partial charge in [-0.1, -0.05) is 13.3 Å². The maximum atomic E-state index is 4.29. The number of nitrogens with zero attached hydrogens (tertiary/aromatic N) is 1. The van der Waals surface area contributed by atoms with Crippen LogP contribution in [0.25, 0.3) is 0 Å². The van der Waals surface area contributed by atoms with Gasteiger partial charge in [-0.25, -0.2) is 4.98 Å². The van der Waals surface area contributed by atoms with Crippen molar-refractivity contribution >= 4 is 11.3 Å². The molecule has 2 nitrogen and oxygen atoms in total. The Kier molecular flexibility index (Phi) is 4.15. The molecule has 0 amide bonds. The van der Waals surface area contributed by atoms with E-state index in [1.807, 2.05) is 5.51 Å². The van der Waals surface area contributed by atoms with Crippen LogP contribution in [0.5, 0.6) is 0 Å². The van der Waals surface area contributed by atoms with E-state index < -0.39 is 0 Å². The van der Waals surface area contributed by atoms with Crippen LogP contribution >= 0.6 is 11.3 Å². The first-order valence-electron chi connectivity index (χ1n) is 5.99. The molecule has 0 aliphatic heterocycles. The van der Waals surface area contributed by atoms with Crippen molar-refractivity contribution < 1.29 is 0 Å². The summed E-state index contributed by atoms with van der Waals surface area (Å²) in [6.07, 6.45) is 6.88. The maximum absolute atomic E-state index is 4.29. The Bertz CT molecular complexity index is 263. The molecule has 0 unspecified atom stereocenters. The van der Waals surface area contributed by atoms with Crippen LogP contribution in [0.3, 0.4) is 0 Å². The lowest BCUT2D eigenvalue weighted by molar-refractivity contribution is 0.285. The molecule has 0 aromatic carbocycles. The summed E-state index contributed by atoms with van der Waals surface area (Å²) in [4.78, 5) is 4.29. The Labute approximate surface area is 96.1 Å². The third-order valence-electron chi connectivity index (χ3n) is 3.48. The van der Waals surface area contributed by atoms with Gasteiger partial charge >= 0.3 is 0 Å². The first kappa shape index (κ1) is 11.1. The number of hydrogen-bond donors (Lipinski definition) is 1. The van der Waals surface area contributed by atoms with Gasteiger partial charge in [0, 0.05) is 18.0 Å². The summed E-state index contributed by atoms with van der Waals surface area (Å²) in [6, 6.07) is 0.731. The number of hydrogen-bond acceptors (Lipinski definition) is 3. The summed E-state index contributed by atoms with van der Waals surface area (Å²) < 4.78 is 0. The summed E-state index contributed by atoms with van der Waals surface area (Å²) in [5.41, 5.74) is 3.10. The van der Waals surface area contributed by atoms with E-state index in [1.165, 1.54) is 37.8 Å². The summed E-state index contributed by atoms with van der Waals surface area (Å²) in [5, 5.41) is 5.74. The summed E-state index contributed by atoms with van der Waals surface area (Å²) in [7, 11) is 0. The smallest absolute Gasteiger partial charge is 0.0795 e. The highest BCUT2D eigenvalue weighted by atomic mass is 32.1. The Balaban J connectivity index is 1.69. The summed E-state index contributed by atoms with van der Waals surface area (Å²) >= 11 is 1.68. The van der Waals surface area contributed by atoms with Gasteiger partial charge in [-0.15, -0.1) is 11.3 Å². The maximum Gasteiger partial charge on any atom is 0.0795 e. The van der Waals surface area contributed by atoms with Gasteiger partial charge in [-0.2, -0.15) is 0 Å². The molecule has 1 N–H and O–H groups in total. The molecule has 1 fully saturated rings. The van der Waals surface area contributed by atoms with Crippen molar-refractivity contribution in [3.63, 3.8) is 0 Å². The zero-order chi connectivity index (χ0) is 10.5. The zero-order valence-corrected chi connectivity index (χ0v) is 10.2. The fourth-order valence-electron chi connectivity index (χ4n) is 2.35. The predicted octanol–water partition coefficient (Wildman–Crippen LogP) is 3.20. The van der Waals surface area contributed by atoms with Gasteiger partial charge in [0.2, 0.25) is 0 Å². The zero-order valence-electron chi connectivity index (χ0n) is 9.41. The molecule has 1 aliphatic carbocycles. The Morgan fingerprint density at radius 1 is 1.40 bits per heavy atom. The second-order valence-corrected chi connectivity index (χ2v) is 5.21. The van der Waals surface area contributed by atoms with Crippen molar-refractivity contribution in [3.05, 3.63) is 16.6 Å². The second-order valence-electron chi connectivity index (χ2n) is 4.49. The highest BCUT2D eigenvalue weighted by molar-refractivity contribution is 7.07. The van der Waals surface area contributed by atoms with Crippen LogP contribution in [0, 0.1) is 5.92 Å². The van der Waals surface area contributed by atoms with E-state index in [0.29, 0.717) is 0 Å². The van der Waals surface area contributed by atoms with E-state index in [-0.39, 0.29) is 0 Å². The molecular weight excluding hydrogens is 204 g/mol. The minimum atomic E-state index is 0.731. The van der Waals surface area contributed by atoms with E-state index >= 15 is 0 Å². The van der Waals surface area contributed by atoms with Gasteiger partial charge in [0.15, 0.2) is 0 Å². The highest BCUT2D eigenvalue weighted by Crippen LogP contribution is 2.26. The molecular formula is C12H20N2S. The monoisotopic (exact) mass is 224 g/mol. The van der Waals surface area contributed by atoms with Crippen LogP contribution in [0.15, 0.2) is 10.9 Å². The molecule has 1 aliphatic rings. The number of thiazole rings is 1. The molecule has 0 spiro atoms. The molecule has 15 heavy (non-hydrogen) atoms. The van der Waals surface area contributed by atoms with Crippen molar-refractivity contribution in [3.8, 4) is 0 Å². The van der Waals surface area contributed by atoms with Crippen LogP contribution < -0.4 is 5.32 Å². The first-order chi connectivity index (χ1) is 7.38. The fraction of sp³-hybridized carbons (Fsp3) is 0.750. The van der Waals surface area contributed by atoms with Crippen LogP contribution in [-0.2, 0) is 6.54 Å². The highest BCUT2D eigenvalue weighted by Gasteiger charge is 2.19. The molecule has 1 saturated carbocycles. The lowest BCUT2D eigenvalue weighted by atomic mass is 9.84. The average Bonchev–Trinajstić information content (AvgIpc) is 2.80. The lowest BCUT2D eigenvalue weighted by Crippen LogP contribution is -2.32. The van der Waals surface area contributed by atoms with Gasteiger partial charge in [-0.3, -0.25) is 0 Å². The third kappa shape index (κ3) is 3.28. The van der Waals surface area contributed by atoms with Gasteiger partial charge in [-0.05, 0) is 31.6 Å². The standard InChI is InChI=1S/C12H20N2S/c1-2-10-3-5-11(6-4-10)13-7-12-8-15-9-14-12/h8-11,13H,2-7H2,1H3. The van der Waals surface area contributed by atoms with E-state index in [1.54, 1.807) is 11.3 Å². The van der Waals surface area contributed by atoms with Crippen molar-refractivity contribution in [1.82, 2.24) is 10.3 Å². The van der Waals surface area contributed by atoms with Crippen LogP contribution in [0.4, 0.5) is 0 Å². The molecule has 2 rings (SSSR count). The number of rotatable bonds is 4. The summed E-state index contributed by atoms with van der Waals surface area (Å²) in [5.74, 6) is 0.988. The van der Waals surface area contributed by atoms with Crippen LogP contribution in [-0.4, -0.2) is 11.0 Å². The summed E-state index contributed by atoms with van der Waals surface area (Å²) in [6.45, 7) is 3.26. The lowest BCUT2D eigenvalue weighted by Gasteiger charge is -2.28. The van der Waals surface area contributed by atoms with Crippen molar-refractivity contribution in [2.24, 2.45) is 5.92 Å². The predicted molar refractivity (Wildman–Crippen MR) is 65.0 cm³/mol. The molecule has 84 valence electrons. The van der Waals surface area contributed by atoms with Crippen LogP contribution in [0.1, 0.15) is 44.7 Å². The van der Waals surface area contributed by atoms with Gasteiger partial charge < -0.3 is 5.32 Å². The third-order valence-corrected chi connectivity index (χ3v) is 4.11. The van der Waals surface area contributed by atoms with Gasteiger partial charge in [0.1, 0.15) is 0 Å². The normalized spacial score (nSPS) is 26.7. The average molecular weight is 224 g/mol. The Morgan fingerprint density at radius 2 is 2.20 bits per heavy atom. The van der Waals surface area contributed by atoms with Crippen molar-refractivity contribution in [1.29, 1.82) is 0 Å². The molecule has 0 bridgehead atoms. The molecule has 1 aromatic heterocycles. The minimum absolute atomic E-state index is 0.731. The van der Waals surface area contributed by atoms with Crippen molar-refractivity contribution in [2.45, 2.75) is 51.6 Å². The van der Waals surface area contributed by atoms with E-state index in [2.05, 4.69) is 22.6 Å².